The number of likely N-dealkylation sites (tertiary alicyclic amines) is 1. The molecule has 1 aliphatic heterocycles. The van der Waals surface area contributed by atoms with Crippen molar-refractivity contribution < 1.29 is 23.2 Å². The van der Waals surface area contributed by atoms with Crippen LogP contribution in [0, 0.1) is 0 Å². The van der Waals surface area contributed by atoms with Gasteiger partial charge in [-0.1, -0.05) is 41.5 Å². The summed E-state index contributed by atoms with van der Waals surface area (Å²) in [6.07, 6.45) is -0.814. The smallest absolute Gasteiger partial charge is 0.417 e. The molecule has 8 heteroatoms. The fraction of sp³-hybridized carbons (Fsp3) is 0.909. The summed E-state index contributed by atoms with van der Waals surface area (Å²) in [5.41, 5.74) is -0.680. The van der Waals surface area contributed by atoms with Crippen molar-refractivity contribution >= 4 is 28.6 Å². The van der Waals surface area contributed by atoms with E-state index in [2.05, 4.69) is 67.7 Å². The second-order valence-electron chi connectivity index (χ2n) is 12.5. The number of carbonyl (C=O) groups is 2. The summed E-state index contributed by atoms with van der Waals surface area (Å²) >= 11 is 0. The van der Waals surface area contributed by atoms with Gasteiger partial charge in [0, 0.05) is 0 Å². The van der Waals surface area contributed by atoms with Gasteiger partial charge in [0.25, 0.3) is 0 Å². The number of imide groups is 1. The highest BCUT2D eigenvalue weighted by Crippen LogP contribution is 2.41. The summed E-state index contributed by atoms with van der Waals surface area (Å²) in [5, 5.41) is 0.0301. The Labute approximate surface area is 186 Å². The lowest BCUT2D eigenvalue weighted by Gasteiger charge is -2.41. The Morgan fingerprint density at radius 1 is 0.933 bits per heavy atom. The second-order valence-corrected chi connectivity index (χ2v) is 22.1. The molecule has 0 bridgehead atoms. The lowest BCUT2D eigenvalue weighted by atomic mass is 10.2. The largest absolute Gasteiger partial charge is 0.443 e. The van der Waals surface area contributed by atoms with E-state index < -0.39 is 34.4 Å². The van der Waals surface area contributed by atoms with Crippen LogP contribution in [0.3, 0.4) is 0 Å². The lowest BCUT2D eigenvalue weighted by molar-refractivity contribution is -0.128. The van der Waals surface area contributed by atoms with Crippen molar-refractivity contribution in [1.82, 2.24) is 4.90 Å². The van der Waals surface area contributed by atoms with Crippen molar-refractivity contribution in [3.05, 3.63) is 0 Å². The highest BCUT2D eigenvalue weighted by Gasteiger charge is 2.50. The lowest BCUT2D eigenvalue weighted by Crippen LogP contribution is -2.53. The number of hydrogen-bond donors (Lipinski definition) is 0. The average Bonchev–Trinajstić information content (AvgIpc) is 2.75. The molecule has 0 aromatic carbocycles. The van der Waals surface area contributed by atoms with Gasteiger partial charge in [-0.05, 0) is 57.0 Å². The molecule has 0 aromatic rings. The summed E-state index contributed by atoms with van der Waals surface area (Å²) in [5.74, 6) is -0.253. The molecule has 1 saturated heterocycles. The summed E-state index contributed by atoms with van der Waals surface area (Å²) in [7, 11) is -4.20. The minimum atomic E-state index is -2.14. The van der Waals surface area contributed by atoms with Crippen LogP contribution >= 0.6 is 0 Å². The number of hydrogen-bond acceptors (Lipinski definition) is 5. The highest BCUT2D eigenvalue weighted by atomic mass is 28.4. The van der Waals surface area contributed by atoms with E-state index in [9.17, 15) is 9.59 Å². The molecule has 6 nitrogen and oxygen atoms in total. The Balaban J connectivity index is 3.21. The second kappa shape index (κ2) is 8.67. The van der Waals surface area contributed by atoms with Crippen molar-refractivity contribution in [3.63, 3.8) is 0 Å². The number of nitrogens with zero attached hydrogens (tertiary/aromatic N) is 1. The molecule has 1 rings (SSSR count). The molecule has 0 aromatic heterocycles. The zero-order valence-corrected chi connectivity index (χ0v) is 23.6. The molecule has 0 radical (unpaired) electrons. The Morgan fingerprint density at radius 3 is 1.80 bits per heavy atom. The van der Waals surface area contributed by atoms with Gasteiger partial charge in [-0.25, -0.2) is 9.69 Å². The topological polar surface area (TPSA) is 65.1 Å². The molecule has 1 aliphatic rings. The minimum Gasteiger partial charge on any atom is -0.443 e. The normalized spacial score (nSPS) is 21.9. The van der Waals surface area contributed by atoms with Gasteiger partial charge < -0.3 is 13.6 Å². The average molecular weight is 460 g/mol. The number of ether oxygens (including phenoxy) is 1. The molecule has 0 spiro atoms. The molecule has 1 heterocycles. The van der Waals surface area contributed by atoms with Crippen LogP contribution < -0.4 is 0 Å². The van der Waals surface area contributed by atoms with Crippen LogP contribution in [-0.2, 0) is 18.4 Å². The first kappa shape index (κ1) is 27.3. The third kappa shape index (κ3) is 6.64. The molecule has 1 fully saturated rings. The number of carbonyl (C=O) groups excluding carboxylic acids is 2. The maximum Gasteiger partial charge on any atom is 0.417 e. The third-order valence-corrected chi connectivity index (χ3v) is 15.7. The van der Waals surface area contributed by atoms with Crippen molar-refractivity contribution in [2.45, 2.75) is 123 Å². The van der Waals surface area contributed by atoms with Crippen molar-refractivity contribution in [2.24, 2.45) is 0 Å². The number of amides is 2. The first-order valence-corrected chi connectivity index (χ1v) is 16.8. The molecule has 176 valence electrons. The molecular weight excluding hydrogens is 414 g/mol. The van der Waals surface area contributed by atoms with E-state index in [-0.39, 0.29) is 35.1 Å². The zero-order chi connectivity index (χ0) is 23.9. The molecule has 0 saturated carbocycles. The Kier molecular flexibility index (Phi) is 7.90. The van der Waals surface area contributed by atoms with E-state index in [4.69, 9.17) is 13.6 Å². The van der Waals surface area contributed by atoms with Crippen molar-refractivity contribution in [2.75, 3.05) is 6.61 Å². The molecular formula is C22H45NO5Si2. The van der Waals surface area contributed by atoms with Crippen molar-refractivity contribution in [1.29, 1.82) is 0 Å². The first-order valence-electron chi connectivity index (χ1n) is 11.0. The van der Waals surface area contributed by atoms with Crippen LogP contribution in [0.2, 0.25) is 36.3 Å². The fourth-order valence-electron chi connectivity index (χ4n) is 2.67. The molecule has 0 aliphatic carbocycles. The first-order chi connectivity index (χ1) is 13.1. The van der Waals surface area contributed by atoms with Gasteiger partial charge in [0.2, 0.25) is 5.91 Å². The van der Waals surface area contributed by atoms with Gasteiger partial charge in [-0.3, -0.25) is 4.79 Å². The van der Waals surface area contributed by atoms with E-state index in [0.717, 1.165) is 0 Å². The van der Waals surface area contributed by atoms with Crippen LogP contribution in [0.5, 0.6) is 0 Å². The van der Waals surface area contributed by atoms with E-state index in [1.807, 2.05) is 0 Å². The minimum absolute atomic E-state index is 0.000222. The third-order valence-electron chi connectivity index (χ3n) is 6.67. The quantitative estimate of drug-likeness (QED) is 0.476. The van der Waals surface area contributed by atoms with Crippen LogP contribution in [0.1, 0.15) is 68.7 Å². The van der Waals surface area contributed by atoms with Gasteiger partial charge >= 0.3 is 6.09 Å². The Bertz CT molecular complexity index is 641. The number of rotatable bonds is 5. The molecule has 2 amide bonds. The van der Waals surface area contributed by atoms with Crippen LogP contribution in [-0.4, -0.2) is 57.9 Å². The molecule has 30 heavy (non-hydrogen) atoms. The highest BCUT2D eigenvalue weighted by molar-refractivity contribution is 6.74. The monoisotopic (exact) mass is 459 g/mol. The van der Waals surface area contributed by atoms with Crippen molar-refractivity contribution in [3.8, 4) is 0 Å². The van der Waals surface area contributed by atoms with Gasteiger partial charge in [0.1, 0.15) is 5.60 Å². The molecule has 2 atom stereocenters. The van der Waals surface area contributed by atoms with Crippen LogP contribution in [0.15, 0.2) is 0 Å². The Hall–Kier alpha value is -0.706. The summed E-state index contributed by atoms with van der Waals surface area (Å²) in [4.78, 5) is 27.0. The van der Waals surface area contributed by atoms with Crippen LogP contribution in [0.4, 0.5) is 4.79 Å². The van der Waals surface area contributed by atoms with E-state index >= 15 is 0 Å². The van der Waals surface area contributed by atoms with Gasteiger partial charge in [-0.15, -0.1) is 0 Å². The van der Waals surface area contributed by atoms with E-state index in [1.165, 1.54) is 4.90 Å². The standard InChI is InChI=1S/C22H45NO5Si2/c1-20(2,3)27-19(25)23-16(15-26-29(10,11)21(4,5)6)17(14-18(23)24)28-30(12,13)22(7,8)9/h16-17H,14-15H2,1-13H3/t16-,17+/m0/s1. The maximum absolute atomic E-state index is 12.9. The summed E-state index contributed by atoms with van der Waals surface area (Å²) < 4.78 is 18.6. The molecule has 0 N–H and O–H groups in total. The Morgan fingerprint density at radius 2 is 1.40 bits per heavy atom. The SMILES string of the molecule is CC(C)(C)OC(=O)N1C(=O)C[C@@H](O[Si](C)(C)C(C)(C)C)[C@@H]1CO[Si](C)(C)C(C)(C)C. The summed E-state index contributed by atoms with van der Waals surface area (Å²) in [6.45, 7) is 27.4. The van der Waals surface area contributed by atoms with Gasteiger partial charge in [0.15, 0.2) is 16.6 Å². The maximum atomic E-state index is 12.9. The summed E-state index contributed by atoms with van der Waals surface area (Å²) in [6, 6.07) is -0.476. The van der Waals surface area contributed by atoms with E-state index in [0.29, 0.717) is 0 Å². The van der Waals surface area contributed by atoms with Crippen LogP contribution in [0.25, 0.3) is 0 Å². The predicted octanol–water partition coefficient (Wildman–Crippen LogP) is 5.93. The molecule has 0 unspecified atom stereocenters. The fourth-order valence-corrected chi connectivity index (χ4v) is 5.04. The van der Waals surface area contributed by atoms with E-state index in [1.54, 1.807) is 20.8 Å². The van der Waals surface area contributed by atoms with Gasteiger partial charge in [-0.2, -0.15) is 0 Å². The predicted molar refractivity (Wildman–Crippen MR) is 127 cm³/mol. The van der Waals surface area contributed by atoms with Gasteiger partial charge in [0.05, 0.1) is 25.2 Å². The zero-order valence-electron chi connectivity index (χ0n) is 21.6.